The highest BCUT2D eigenvalue weighted by Gasteiger charge is 2.31. The van der Waals surface area contributed by atoms with E-state index < -0.39 is 0 Å². The highest BCUT2D eigenvalue weighted by atomic mass is 16.2. The summed E-state index contributed by atoms with van der Waals surface area (Å²) < 4.78 is 1.69. The number of pyridine rings is 1. The van der Waals surface area contributed by atoms with E-state index in [0.29, 0.717) is 11.7 Å². The Bertz CT molecular complexity index is 976. The fraction of sp³-hybridized carbons (Fsp3) is 0.409. The van der Waals surface area contributed by atoms with Crippen molar-refractivity contribution in [2.45, 2.75) is 12.8 Å². The summed E-state index contributed by atoms with van der Waals surface area (Å²) in [4.78, 5) is 24.0. The first kappa shape index (κ1) is 19.5. The summed E-state index contributed by atoms with van der Waals surface area (Å²) in [5.74, 6) is 2.92. The number of hydrogen-bond donors (Lipinski definition) is 0. The molecule has 3 aromatic rings. The molecule has 2 aliphatic heterocycles. The van der Waals surface area contributed by atoms with Gasteiger partial charge in [0, 0.05) is 63.8 Å². The van der Waals surface area contributed by atoms with E-state index in [2.05, 4.69) is 30.1 Å². The lowest BCUT2D eigenvalue weighted by Gasteiger charge is -2.39. The molecule has 160 valence electrons. The van der Waals surface area contributed by atoms with Crippen LogP contribution in [0, 0.1) is 5.92 Å². The minimum Gasteiger partial charge on any atom is -0.355 e. The van der Waals surface area contributed by atoms with Gasteiger partial charge in [-0.15, -0.1) is 10.2 Å². The third-order valence-corrected chi connectivity index (χ3v) is 6.11. The molecule has 0 radical (unpaired) electrons. The van der Waals surface area contributed by atoms with Crippen molar-refractivity contribution in [3.8, 4) is 5.82 Å². The van der Waals surface area contributed by atoms with E-state index in [1.165, 1.54) is 0 Å². The summed E-state index contributed by atoms with van der Waals surface area (Å²) in [6.07, 6.45) is 7.08. The Labute approximate surface area is 181 Å². The second-order valence-electron chi connectivity index (χ2n) is 7.96. The fourth-order valence-electron chi connectivity index (χ4n) is 4.32. The van der Waals surface area contributed by atoms with Gasteiger partial charge < -0.3 is 14.7 Å². The SMILES string of the molecule is O=C(C1CCN(c2ccc(-n3cccn3)nn2)CC1)N1CCN(c2ccccn2)CC1. The lowest BCUT2D eigenvalue weighted by Crippen LogP contribution is -2.52. The lowest BCUT2D eigenvalue weighted by molar-refractivity contribution is -0.136. The van der Waals surface area contributed by atoms with Crippen LogP contribution < -0.4 is 9.80 Å². The van der Waals surface area contributed by atoms with Gasteiger partial charge in [0.25, 0.3) is 0 Å². The summed E-state index contributed by atoms with van der Waals surface area (Å²) >= 11 is 0. The molecule has 9 heteroatoms. The predicted octanol–water partition coefficient (Wildman–Crippen LogP) is 1.62. The molecule has 0 spiro atoms. The Morgan fingerprint density at radius 1 is 0.774 bits per heavy atom. The van der Waals surface area contributed by atoms with Gasteiger partial charge in [0.15, 0.2) is 11.6 Å². The molecule has 0 unspecified atom stereocenters. The molecule has 9 nitrogen and oxygen atoms in total. The number of amides is 1. The van der Waals surface area contributed by atoms with Crippen LogP contribution in [0.25, 0.3) is 5.82 Å². The molecule has 0 aliphatic carbocycles. The summed E-state index contributed by atoms with van der Waals surface area (Å²) in [6, 6.07) is 11.7. The number of carbonyl (C=O) groups is 1. The maximum absolute atomic E-state index is 13.1. The van der Waals surface area contributed by atoms with Crippen LogP contribution in [0.1, 0.15) is 12.8 Å². The molecule has 31 heavy (non-hydrogen) atoms. The summed E-state index contributed by atoms with van der Waals surface area (Å²) in [7, 11) is 0. The van der Waals surface area contributed by atoms with Crippen molar-refractivity contribution >= 4 is 17.5 Å². The van der Waals surface area contributed by atoms with Crippen LogP contribution >= 0.6 is 0 Å². The van der Waals surface area contributed by atoms with Crippen molar-refractivity contribution in [1.29, 1.82) is 0 Å². The summed E-state index contributed by atoms with van der Waals surface area (Å²) in [6.45, 7) is 4.83. The zero-order chi connectivity index (χ0) is 21.0. The molecule has 0 bridgehead atoms. The number of anilines is 2. The van der Waals surface area contributed by atoms with E-state index in [0.717, 1.165) is 63.7 Å². The van der Waals surface area contributed by atoms with Crippen LogP contribution in [0.15, 0.2) is 55.0 Å². The number of aromatic nitrogens is 5. The molecular formula is C22H26N8O. The first-order valence-corrected chi connectivity index (χ1v) is 10.8. The predicted molar refractivity (Wildman–Crippen MR) is 117 cm³/mol. The highest BCUT2D eigenvalue weighted by molar-refractivity contribution is 5.79. The van der Waals surface area contributed by atoms with Crippen molar-refractivity contribution in [2.24, 2.45) is 5.92 Å². The Morgan fingerprint density at radius 2 is 1.52 bits per heavy atom. The third kappa shape index (κ3) is 4.21. The van der Waals surface area contributed by atoms with Gasteiger partial charge in [0.1, 0.15) is 5.82 Å². The van der Waals surface area contributed by atoms with E-state index in [-0.39, 0.29) is 5.92 Å². The molecular weight excluding hydrogens is 392 g/mol. The molecule has 5 heterocycles. The Kier molecular flexibility index (Phi) is 5.47. The van der Waals surface area contributed by atoms with Crippen LogP contribution in [0.3, 0.4) is 0 Å². The van der Waals surface area contributed by atoms with Gasteiger partial charge in [-0.05, 0) is 43.2 Å². The zero-order valence-corrected chi connectivity index (χ0v) is 17.4. The standard InChI is InChI=1S/C22H26N8O/c31-22(29-16-14-28(15-17-29)19-4-1-2-9-23-19)18-7-12-27(13-8-18)20-5-6-21(26-25-20)30-11-3-10-24-30/h1-6,9-11,18H,7-8,12-17H2. The van der Waals surface area contributed by atoms with Crippen LogP contribution in [-0.4, -0.2) is 75.0 Å². The number of carbonyl (C=O) groups excluding carboxylic acids is 1. The van der Waals surface area contributed by atoms with Crippen molar-refractivity contribution in [1.82, 2.24) is 29.9 Å². The maximum atomic E-state index is 13.1. The molecule has 0 N–H and O–H groups in total. The fourth-order valence-corrected chi connectivity index (χ4v) is 4.32. The van der Waals surface area contributed by atoms with Crippen LogP contribution in [0.5, 0.6) is 0 Å². The molecule has 2 saturated heterocycles. The van der Waals surface area contributed by atoms with Crippen molar-refractivity contribution in [2.75, 3.05) is 49.1 Å². The van der Waals surface area contributed by atoms with E-state index >= 15 is 0 Å². The van der Waals surface area contributed by atoms with Gasteiger partial charge in [-0.2, -0.15) is 5.10 Å². The van der Waals surface area contributed by atoms with Gasteiger partial charge in [-0.1, -0.05) is 6.07 Å². The molecule has 0 aromatic carbocycles. The average molecular weight is 419 g/mol. The minimum absolute atomic E-state index is 0.0916. The number of nitrogens with zero attached hydrogens (tertiary/aromatic N) is 8. The molecule has 2 fully saturated rings. The normalized spacial score (nSPS) is 17.7. The van der Waals surface area contributed by atoms with Crippen molar-refractivity contribution in [3.63, 3.8) is 0 Å². The van der Waals surface area contributed by atoms with Crippen molar-refractivity contribution in [3.05, 3.63) is 55.0 Å². The van der Waals surface area contributed by atoms with Gasteiger partial charge in [0.05, 0.1) is 0 Å². The Hall–Kier alpha value is -3.49. The van der Waals surface area contributed by atoms with E-state index in [4.69, 9.17) is 0 Å². The van der Waals surface area contributed by atoms with Gasteiger partial charge >= 0.3 is 0 Å². The molecule has 5 rings (SSSR count). The number of piperidine rings is 1. The number of piperazine rings is 1. The van der Waals surface area contributed by atoms with Gasteiger partial charge in [-0.3, -0.25) is 4.79 Å². The first-order chi connectivity index (χ1) is 15.3. The van der Waals surface area contributed by atoms with Crippen molar-refractivity contribution < 1.29 is 4.79 Å². The largest absolute Gasteiger partial charge is 0.355 e. The molecule has 0 saturated carbocycles. The van der Waals surface area contributed by atoms with E-state index in [1.807, 2.05) is 53.7 Å². The Balaban J connectivity index is 1.12. The molecule has 0 atom stereocenters. The van der Waals surface area contributed by atoms with E-state index in [1.54, 1.807) is 10.9 Å². The number of hydrogen-bond acceptors (Lipinski definition) is 7. The van der Waals surface area contributed by atoms with Crippen LogP contribution in [0.2, 0.25) is 0 Å². The van der Waals surface area contributed by atoms with E-state index in [9.17, 15) is 4.79 Å². The summed E-state index contributed by atoms with van der Waals surface area (Å²) in [5, 5.41) is 12.8. The van der Waals surface area contributed by atoms with Gasteiger partial charge in [-0.25, -0.2) is 9.67 Å². The minimum atomic E-state index is 0.0916. The monoisotopic (exact) mass is 418 g/mol. The first-order valence-electron chi connectivity index (χ1n) is 10.8. The molecule has 1 amide bonds. The second kappa shape index (κ2) is 8.71. The quantitative estimate of drug-likeness (QED) is 0.637. The average Bonchev–Trinajstić information content (AvgIpc) is 3.40. The smallest absolute Gasteiger partial charge is 0.225 e. The molecule has 3 aromatic heterocycles. The summed E-state index contributed by atoms with van der Waals surface area (Å²) in [5.41, 5.74) is 0. The van der Waals surface area contributed by atoms with Crippen LogP contribution in [0.4, 0.5) is 11.6 Å². The Morgan fingerprint density at radius 3 is 2.16 bits per heavy atom. The lowest BCUT2D eigenvalue weighted by atomic mass is 9.95. The molecule has 2 aliphatic rings. The highest BCUT2D eigenvalue weighted by Crippen LogP contribution is 2.24. The third-order valence-electron chi connectivity index (χ3n) is 6.11. The van der Waals surface area contributed by atoms with Crippen LogP contribution in [-0.2, 0) is 4.79 Å². The number of rotatable bonds is 4. The second-order valence-corrected chi connectivity index (χ2v) is 7.96. The topological polar surface area (TPSA) is 83.3 Å². The van der Waals surface area contributed by atoms with Gasteiger partial charge in [0.2, 0.25) is 5.91 Å². The maximum Gasteiger partial charge on any atom is 0.225 e. The zero-order valence-electron chi connectivity index (χ0n) is 17.4.